The molecule has 0 fully saturated rings. The van der Waals surface area contributed by atoms with E-state index >= 15 is 0 Å². The van der Waals surface area contributed by atoms with Crippen molar-refractivity contribution in [1.29, 1.82) is 0 Å². The maximum atomic E-state index is 5.77. The Balaban J connectivity index is 2.03. The standard InChI is InChI=1S/C14H18N2S/c1-10-3-5-12(6-4-10)8-14-16-13(9-17-14)7-11(2)15/h3-6,9,11H,7-8,15H2,1-2H3. The number of nitrogens with two attached hydrogens (primary N) is 1. The molecule has 2 nitrogen and oxygen atoms in total. The van der Waals surface area contributed by atoms with Crippen molar-refractivity contribution >= 4 is 11.3 Å². The van der Waals surface area contributed by atoms with E-state index < -0.39 is 0 Å². The molecule has 0 radical (unpaired) electrons. The zero-order valence-corrected chi connectivity index (χ0v) is 11.1. The fourth-order valence-corrected chi connectivity index (χ4v) is 2.58. The molecule has 0 spiro atoms. The molecule has 1 atom stereocenters. The van der Waals surface area contributed by atoms with Crippen LogP contribution in [-0.4, -0.2) is 11.0 Å². The fourth-order valence-electron chi connectivity index (χ4n) is 1.73. The summed E-state index contributed by atoms with van der Waals surface area (Å²) in [4.78, 5) is 4.61. The van der Waals surface area contributed by atoms with Crippen molar-refractivity contribution in [3.63, 3.8) is 0 Å². The van der Waals surface area contributed by atoms with Gasteiger partial charge in [-0.2, -0.15) is 0 Å². The van der Waals surface area contributed by atoms with Gasteiger partial charge in [0.25, 0.3) is 0 Å². The van der Waals surface area contributed by atoms with Crippen LogP contribution < -0.4 is 5.73 Å². The van der Waals surface area contributed by atoms with Gasteiger partial charge < -0.3 is 5.73 Å². The molecular formula is C14H18N2S. The van der Waals surface area contributed by atoms with Crippen molar-refractivity contribution in [3.8, 4) is 0 Å². The second-order valence-corrected chi connectivity index (χ2v) is 5.52. The number of benzene rings is 1. The van der Waals surface area contributed by atoms with Crippen molar-refractivity contribution in [2.75, 3.05) is 0 Å². The Bertz CT molecular complexity index is 471. The predicted octanol–water partition coefficient (Wildman–Crippen LogP) is 2.93. The fraction of sp³-hybridized carbons (Fsp3) is 0.357. The molecule has 0 amide bonds. The summed E-state index contributed by atoms with van der Waals surface area (Å²) in [5.41, 5.74) is 9.50. The lowest BCUT2D eigenvalue weighted by Crippen LogP contribution is -2.17. The van der Waals surface area contributed by atoms with Crippen molar-refractivity contribution in [2.24, 2.45) is 5.73 Å². The number of nitrogens with zero attached hydrogens (tertiary/aromatic N) is 1. The first-order valence-corrected chi connectivity index (χ1v) is 6.76. The minimum absolute atomic E-state index is 0.185. The van der Waals surface area contributed by atoms with Gasteiger partial charge in [-0.3, -0.25) is 0 Å². The van der Waals surface area contributed by atoms with Gasteiger partial charge in [0.1, 0.15) is 0 Å². The normalized spacial score (nSPS) is 12.6. The van der Waals surface area contributed by atoms with Gasteiger partial charge in [-0.05, 0) is 19.4 Å². The molecule has 0 aliphatic carbocycles. The maximum absolute atomic E-state index is 5.77. The van der Waals surface area contributed by atoms with Crippen LogP contribution in [0.4, 0.5) is 0 Å². The summed E-state index contributed by atoms with van der Waals surface area (Å²) < 4.78 is 0. The molecule has 1 heterocycles. The van der Waals surface area contributed by atoms with Gasteiger partial charge in [-0.15, -0.1) is 11.3 Å². The van der Waals surface area contributed by atoms with Gasteiger partial charge in [-0.25, -0.2) is 4.98 Å². The molecule has 17 heavy (non-hydrogen) atoms. The highest BCUT2D eigenvalue weighted by Gasteiger charge is 2.05. The molecule has 2 aromatic rings. The molecule has 0 aliphatic heterocycles. The molecule has 2 rings (SSSR count). The smallest absolute Gasteiger partial charge is 0.0972 e. The largest absolute Gasteiger partial charge is 0.328 e. The van der Waals surface area contributed by atoms with Crippen LogP contribution in [0.2, 0.25) is 0 Å². The third kappa shape index (κ3) is 3.65. The highest BCUT2D eigenvalue weighted by Crippen LogP contribution is 2.16. The summed E-state index contributed by atoms with van der Waals surface area (Å²) in [5.74, 6) is 0. The van der Waals surface area contributed by atoms with E-state index in [1.807, 2.05) is 6.92 Å². The average Bonchev–Trinajstić information content (AvgIpc) is 2.68. The second-order valence-electron chi connectivity index (χ2n) is 4.58. The lowest BCUT2D eigenvalue weighted by molar-refractivity contribution is 0.724. The van der Waals surface area contributed by atoms with E-state index in [2.05, 4.69) is 41.6 Å². The van der Waals surface area contributed by atoms with Gasteiger partial charge >= 0.3 is 0 Å². The molecule has 0 saturated heterocycles. The number of aryl methyl sites for hydroxylation is 1. The molecule has 0 bridgehead atoms. The van der Waals surface area contributed by atoms with E-state index in [1.165, 1.54) is 16.1 Å². The van der Waals surface area contributed by atoms with E-state index in [0.29, 0.717) is 0 Å². The Hall–Kier alpha value is -1.19. The predicted molar refractivity (Wildman–Crippen MR) is 73.5 cm³/mol. The van der Waals surface area contributed by atoms with E-state index in [-0.39, 0.29) is 6.04 Å². The second kappa shape index (κ2) is 5.43. The Kier molecular flexibility index (Phi) is 3.92. The Morgan fingerprint density at radius 1 is 1.29 bits per heavy atom. The van der Waals surface area contributed by atoms with Crippen molar-refractivity contribution < 1.29 is 0 Å². The highest BCUT2D eigenvalue weighted by atomic mass is 32.1. The Morgan fingerprint density at radius 3 is 2.65 bits per heavy atom. The molecule has 0 aliphatic rings. The lowest BCUT2D eigenvalue weighted by atomic mass is 10.1. The molecular weight excluding hydrogens is 228 g/mol. The van der Waals surface area contributed by atoms with Crippen LogP contribution in [0.1, 0.15) is 28.8 Å². The van der Waals surface area contributed by atoms with Gasteiger partial charge in [0, 0.05) is 24.3 Å². The zero-order valence-electron chi connectivity index (χ0n) is 10.3. The van der Waals surface area contributed by atoms with Crippen LogP contribution in [0.15, 0.2) is 29.6 Å². The van der Waals surface area contributed by atoms with E-state index in [1.54, 1.807) is 11.3 Å². The van der Waals surface area contributed by atoms with Crippen LogP contribution in [-0.2, 0) is 12.8 Å². The monoisotopic (exact) mass is 246 g/mol. The highest BCUT2D eigenvalue weighted by molar-refractivity contribution is 7.09. The first-order chi connectivity index (χ1) is 8.13. The topological polar surface area (TPSA) is 38.9 Å². The molecule has 2 N–H and O–H groups in total. The van der Waals surface area contributed by atoms with Gasteiger partial charge in [-0.1, -0.05) is 29.8 Å². The van der Waals surface area contributed by atoms with E-state index in [0.717, 1.165) is 18.5 Å². The summed E-state index contributed by atoms with van der Waals surface area (Å²) in [7, 11) is 0. The quantitative estimate of drug-likeness (QED) is 0.901. The van der Waals surface area contributed by atoms with Crippen molar-refractivity contribution in [3.05, 3.63) is 51.5 Å². The van der Waals surface area contributed by atoms with Crippen molar-refractivity contribution in [1.82, 2.24) is 4.98 Å². The summed E-state index contributed by atoms with van der Waals surface area (Å²) in [5, 5.41) is 3.29. The minimum Gasteiger partial charge on any atom is -0.328 e. The van der Waals surface area contributed by atoms with Crippen LogP contribution in [0.25, 0.3) is 0 Å². The number of rotatable bonds is 4. The minimum atomic E-state index is 0.185. The SMILES string of the molecule is Cc1ccc(Cc2nc(CC(C)N)cs2)cc1. The third-order valence-corrected chi connectivity index (χ3v) is 3.50. The molecule has 1 unspecified atom stereocenters. The molecule has 90 valence electrons. The van der Waals surface area contributed by atoms with Crippen LogP contribution in [0.3, 0.4) is 0 Å². The molecule has 3 heteroatoms. The number of hydrogen-bond acceptors (Lipinski definition) is 3. The molecule has 0 saturated carbocycles. The lowest BCUT2D eigenvalue weighted by Gasteiger charge is -2.00. The first-order valence-electron chi connectivity index (χ1n) is 5.88. The number of thiazole rings is 1. The van der Waals surface area contributed by atoms with Gasteiger partial charge in [0.2, 0.25) is 0 Å². The third-order valence-electron chi connectivity index (χ3n) is 2.61. The van der Waals surface area contributed by atoms with Gasteiger partial charge in [0.15, 0.2) is 0 Å². The van der Waals surface area contributed by atoms with E-state index in [9.17, 15) is 0 Å². The number of aromatic nitrogens is 1. The molecule has 1 aromatic heterocycles. The van der Waals surface area contributed by atoms with Gasteiger partial charge in [0.05, 0.1) is 10.7 Å². The first kappa shape index (κ1) is 12.3. The van der Waals surface area contributed by atoms with Crippen LogP contribution in [0.5, 0.6) is 0 Å². The summed E-state index contributed by atoms with van der Waals surface area (Å²) >= 11 is 1.72. The Morgan fingerprint density at radius 2 is 2.00 bits per heavy atom. The summed E-state index contributed by atoms with van der Waals surface area (Å²) in [6.07, 6.45) is 1.79. The summed E-state index contributed by atoms with van der Waals surface area (Å²) in [6.45, 7) is 4.12. The zero-order chi connectivity index (χ0) is 12.3. The van der Waals surface area contributed by atoms with Crippen molar-refractivity contribution in [2.45, 2.75) is 32.7 Å². The molecule has 1 aromatic carbocycles. The van der Waals surface area contributed by atoms with E-state index in [4.69, 9.17) is 5.73 Å². The average molecular weight is 246 g/mol. The van der Waals surface area contributed by atoms with Crippen LogP contribution >= 0.6 is 11.3 Å². The van der Waals surface area contributed by atoms with Crippen LogP contribution in [0, 0.1) is 6.92 Å². The summed E-state index contributed by atoms with van der Waals surface area (Å²) in [6, 6.07) is 8.81. The number of hydrogen-bond donors (Lipinski definition) is 1. The maximum Gasteiger partial charge on any atom is 0.0972 e. The Labute approximate surface area is 107 Å².